The molecule has 0 aliphatic heterocycles. The number of methoxy groups -OCH3 is 1. The van der Waals surface area contributed by atoms with Crippen LogP contribution in [0.4, 0.5) is 4.79 Å². The molecule has 142 valence electrons. The van der Waals surface area contributed by atoms with E-state index < -0.39 is 0 Å². The molecule has 0 radical (unpaired) electrons. The van der Waals surface area contributed by atoms with Gasteiger partial charge in [0.2, 0.25) is 0 Å². The highest BCUT2D eigenvalue weighted by atomic mass is 16.5. The van der Waals surface area contributed by atoms with Gasteiger partial charge >= 0.3 is 6.09 Å². The summed E-state index contributed by atoms with van der Waals surface area (Å²) >= 11 is 0. The number of rotatable bonds is 5. The van der Waals surface area contributed by atoms with Gasteiger partial charge in [-0.2, -0.15) is 0 Å². The van der Waals surface area contributed by atoms with E-state index in [1.807, 2.05) is 57.2 Å². The average molecular weight is 365 g/mol. The van der Waals surface area contributed by atoms with Gasteiger partial charge in [0.05, 0.1) is 19.3 Å². The molecule has 27 heavy (non-hydrogen) atoms. The lowest BCUT2D eigenvalue weighted by Gasteiger charge is -2.19. The van der Waals surface area contributed by atoms with Crippen LogP contribution >= 0.6 is 0 Å². The number of alkyl carbamates (subject to hydrolysis) is 1. The maximum Gasteiger partial charge on any atom is 0.407 e. The van der Waals surface area contributed by atoms with Crippen molar-refractivity contribution in [3.05, 3.63) is 65.2 Å². The standard InChI is InChI=1S/C23H27NO3/c1-23(2,3)24-22(25)27-16-8-11-18-9-7-10-19(17-18)14-15-20-12-5-6-13-21(20)26-4/h5-7,9-10,12-13,17H,8,11,16H2,1-4H3,(H,24,25). The highest BCUT2D eigenvalue weighted by Crippen LogP contribution is 2.16. The van der Waals surface area contributed by atoms with E-state index in [1.54, 1.807) is 7.11 Å². The molecule has 2 aromatic rings. The van der Waals surface area contributed by atoms with Crippen molar-refractivity contribution in [2.24, 2.45) is 0 Å². The largest absolute Gasteiger partial charge is 0.495 e. The van der Waals surface area contributed by atoms with Crippen LogP contribution in [0.5, 0.6) is 5.75 Å². The first-order chi connectivity index (χ1) is 12.9. The Morgan fingerprint density at radius 2 is 1.85 bits per heavy atom. The Kier molecular flexibility index (Phi) is 7.31. The van der Waals surface area contributed by atoms with Gasteiger partial charge in [-0.1, -0.05) is 36.1 Å². The van der Waals surface area contributed by atoms with Gasteiger partial charge in [-0.15, -0.1) is 0 Å². The van der Waals surface area contributed by atoms with E-state index >= 15 is 0 Å². The van der Waals surface area contributed by atoms with Crippen molar-refractivity contribution in [2.45, 2.75) is 39.2 Å². The first kappa shape index (κ1) is 20.4. The minimum Gasteiger partial charge on any atom is -0.495 e. The van der Waals surface area contributed by atoms with E-state index in [0.29, 0.717) is 6.61 Å². The van der Waals surface area contributed by atoms with Crippen LogP contribution in [-0.4, -0.2) is 25.3 Å². The Morgan fingerprint density at radius 3 is 2.59 bits per heavy atom. The molecule has 2 aromatic carbocycles. The second-order valence-electron chi connectivity index (χ2n) is 7.27. The maximum atomic E-state index is 11.6. The van der Waals surface area contributed by atoms with E-state index in [1.165, 1.54) is 5.56 Å². The Bertz CT molecular complexity index is 825. The Labute approximate surface area is 161 Å². The number of amides is 1. The number of hydrogen-bond acceptors (Lipinski definition) is 3. The van der Waals surface area contributed by atoms with Crippen LogP contribution in [0.1, 0.15) is 43.9 Å². The van der Waals surface area contributed by atoms with Crippen LogP contribution in [0.3, 0.4) is 0 Å². The van der Waals surface area contributed by atoms with Crippen LogP contribution in [0, 0.1) is 11.8 Å². The number of benzene rings is 2. The Morgan fingerprint density at radius 1 is 1.07 bits per heavy atom. The first-order valence-corrected chi connectivity index (χ1v) is 9.06. The molecule has 4 heteroatoms. The second-order valence-corrected chi connectivity index (χ2v) is 7.27. The summed E-state index contributed by atoms with van der Waals surface area (Å²) < 4.78 is 10.5. The van der Waals surface area contributed by atoms with Gasteiger partial charge in [0.1, 0.15) is 5.75 Å². The molecule has 0 saturated carbocycles. The number of carbonyl (C=O) groups excluding carboxylic acids is 1. The Balaban J connectivity index is 1.89. The van der Waals surface area contributed by atoms with Crippen molar-refractivity contribution in [2.75, 3.05) is 13.7 Å². The van der Waals surface area contributed by atoms with E-state index in [4.69, 9.17) is 9.47 Å². The molecular formula is C23H27NO3. The number of nitrogens with one attached hydrogen (secondary N) is 1. The molecule has 0 unspecified atom stereocenters. The van der Waals surface area contributed by atoms with Crippen molar-refractivity contribution < 1.29 is 14.3 Å². The predicted octanol–water partition coefficient (Wildman–Crippen LogP) is 4.55. The molecule has 0 aliphatic rings. The molecule has 0 aromatic heterocycles. The van der Waals surface area contributed by atoms with Crippen molar-refractivity contribution in [3.63, 3.8) is 0 Å². The zero-order chi connectivity index (χ0) is 19.7. The fourth-order valence-electron chi connectivity index (χ4n) is 2.48. The summed E-state index contributed by atoms with van der Waals surface area (Å²) in [5.41, 5.74) is 2.70. The van der Waals surface area contributed by atoms with Crippen molar-refractivity contribution in [3.8, 4) is 17.6 Å². The minimum absolute atomic E-state index is 0.286. The topological polar surface area (TPSA) is 47.6 Å². The third kappa shape index (κ3) is 7.45. The fraction of sp³-hybridized carbons (Fsp3) is 0.348. The molecule has 4 nitrogen and oxygen atoms in total. The Hall–Kier alpha value is -2.93. The first-order valence-electron chi connectivity index (χ1n) is 9.06. The summed E-state index contributed by atoms with van der Waals surface area (Å²) in [4.78, 5) is 11.6. The van der Waals surface area contributed by atoms with Crippen LogP contribution in [0.15, 0.2) is 48.5 Å². The quantitative estimate of drug-likeness (QED) is 0.624. The van der Waals surface area contributed by atoms with Gasteiger partial charge in [-0.25, -0.2) is 4.79 Å². The summed E-state index contributed by atoms with van der Waals surface area (Å²) in [5.74, 6) is 7.11. The lowest BCUT2D eigenvalue weighted by molar-refractivity contribution is 0.136. The number of hydrogen-bond donors (Lipinski definition) is 1. The third-order valence-corrected chi connectivity index (χ3v) is 3.70. The summed E-state index contributed by atoms with van der Waals surface area (Å²) in [5, 5.41) is 2.78. The summed E-state index contributed by atoms with van der Waals surface area (Å²) in [6.45, 7) is 6.16. The van der Waals surface area contributed by atoms with Gasteiger partial charge in [0.15, 0.2) is 0 Å². The molecule has 0 fully saturated rings. The molecule has 0 spiro atoms. The van der Waals surface area contributed by atoms with Gasteiger partial charge in [-0.3, -0.25) is 0 Å². The molecule has 0 saturated heterocycles. The lowest BCUT2D eigenvalue weighted by atomic mass is 10.1. The molecule has 0 bridgehead atoms. The van der Waals surface area contributed by atoms with Gasteiger partial charge in [0, 0.05) is 11.1 Å². The highest BCUT2D eigenvalue weighted by molar-refractivity contribution is 5.68. The van der Waals surface area contributed by atoms with Crippen molar-refractivity contribution in [1.29, 1.82) is 0 Å². The van der Waals surface area contributed by atoms with Crippen LogP contribution in [-0.2, 0) is 11.2 Å². The second kappa shape index (κ2) is 9.68. The molecule has 0 aliphatic carbocycles. The fourth-order valence-corrected chi connectivity index (χ4v) is 2.48. The molecule has 2 rings (SSSR count). The van der Waals surface area contributed by atoms with Gasteiger partial charge in [0.25, 0.3) is 0 Å². The molecular weight excluding hydrogens is 338 g/mol. The number of para-hydroxylation sites is 1. The number of aryl methyl sites for hydroxylation is 1. The maximum absolute atomic E-state index is 11.6. The van der Waals surface area contributed by atoms with Crippen LogP contribution in [0.25, 0.3) is 0 Å². The highest BCUT2D eigenvalue weighted by Gasteiger charge is 2.14. The lowest BCUT2D eigenvalue weighted by Crippen LogP contribution is -2.41. The summed E-state index contributed by atoms with van der Waals surface area (Å²) in [6.07, 6.45) is 1.22. The normalized spacial score (nSPS) is 10.5. The molecule has 1 amide bonds. The van der Waals surface area contributed by atoms with Crippen LogP contribution < -0.4 is 10.1 Å². The molecule has 1 N–H and O–H groups in total. The monoisotopic (exact) mass is 365 g/mol. The zero-order valence-electron chi connectivity index (χ0n) is 16.5. The summed E-state index contributed by atoms with van der Waals surface area (Å²) in [7, 11) is 1.64. The van der Waals surface area contributed by atoms with E-state index in [9.17, 15) is 4.79 Å². The number of carbonyl (C=O) groups is 1. The third-order valence-electron chi connectivity index (χ3n) is 3.70. The van der Waals surface area contributed by atoms with Gasteiger partial charge in [-0.05, 0) is 63.4 Å². The van der Waals surface area contributed by atoms with Crippen molar-refractivity contribution in [1.82, 2.24) is 5.32 Å². The average Bonchev–Trinajstić information content (AvgIpc) is 2.63. The van der Waals surface area contributed by atoms with E-state index in [0.717, 1.165) is 29.7 Å². The van der Waals surface area contributed by atoms with Crippen molar-refractivity contribution >= 4 is 6.09 Å². The molecule has 0 heterocycles. The minimum atomic E-state index is -0.376. The number of ether oxygens (including phenoxy) is 2. The molecule has 0 atom stereocenters. The smallest absolute Gasteiger partial charge is 0.407 e. The zero-order valence-corrected chi connectivity index (χ0v) is 16.5. The van der Waals surface area contributed by atoms with Gasteiger partial charge < -0.3 is 14.8 Å². The SMILES string of the molecule is COc1ccccc1C#Cc1cccc(CCCOC(=O)NC(C)(C)C)c1. The van der Waals surface area contributed by atoms with Crippen LogP contribution in [0.2, 0.25) is 0 Å². The summed E-state index contributed by atoms with van der Waals surface area (Å²) in [6, 6.07) is 15.8. The van der Waals surface area contributed by atoms with E-state index in [-0.39, 0.29) is 11.6 Å². The predicted molar refractivity (Wildman–Crippen MR) is 108 cm³/mol. The van der Waals surface area contributed by atoms with E-state index in [2.05, 4.69) is 29.3 Å².